The Morgan fingerprint density at radius 1 is 1.13 bits per heavy atom. The highest BCUT2D eigenvalue weighted by Crippen LogP contribution is 2.53. The first-order chi connectivity index (χ1) is 15.0. The monoisotopic (exact) mass is 444 g/mol. The van der Waals surface area contributed by atoms with Crippen LogP contribution in [0.15, 0.2) is 48.6 Å². The van der Waals surface area contributed by atoms with Crippen molar-refractivity contribution in [2.24, 2.45) is 11.8 Å². The molecule has 2 saturated heterocycles. The molecule has 5 rings (SSSR count). The number of carbonyl (C=O) groups excluding carboxylic acids is 3. The van der Waals surface area contributed by atoms with E-state index in [-0.39, 0.29) is 32.2 Å². The van der Waals surface area contributed by atoms with Crippen LogP contribution in [0.3, 0.4) is 0 Å². The van der Waals surface area contributed by atoms with E-state index in [9.17, 15) is 19.5 Å². The van der Waals surface area contributed by atoms with Crippen molar-refractivity contribution in [3.8, 4) is 0 Å². The van der Waals surface area contributed by atoms with Crippen LogP contribution < -0.4 is 4.90 Å². The molecule has 0 bridgehead atoms. The summed E-state index contributed by atoms with van der Waals surface area (Å²) >= 11 is 5.99. The van der Waals surface area contributed by atoms with Gasteiger partial charge in [-0.3, -0.25) is 14.4 Å². The van der Waals surface area contributed by atoms with Crippen LogP contribution in [-0.4, -0.2) is 71.8 Å². The molecule has 31 heavy (non-hydrogen) atoms. The number of hydrogen-bond acceptors (Lipinski definition) is 6. The van der Waals surface area contributed by atoms with Gasteiger partial charge in [-0.1, -0.05) is 29.8 Å². The molecule has 2 amide bonds. The molecule has 4 aliphatic heterocycles. The summed E-state index contributed by atoms with van der Waals surface area (Å²) in [4.78, 5) is 42.9. The summed E-state index contributed by atoms with van der Waals surface area (Å²) in [5, 5.41) is 10.1. The molecule has 1 spiro atoms. The first-order valence-electron chi connectivity index (χ1n) is 10.1. The highest BCUT2D eigenvalue weighted by molar-refractivity contribution is 6.30. The average Bonchev–Trinajstić information content (AvgIpc) is 3.04. The zero-order valence-electron chi connectivity index (χ0n) is 16.5. The zero-order chi connectivity index (χ0) is 21.8. The third kappa shape index (κ3) is 2.93. The van der Waals surface area contributed by atoms with Gasteiger partial charge in [-0.25, -0.2) is 0 Å². The lowest BCUT2D eigenvalue weighted by Crippen LogP contribution is -2.55. The maximum absolute atomic E-state index is 13.8. The van der Waals surface area contributed by atoms with Gasteiger partial charge in [0.1, 0.15) is 24.2 Å². The SMILES string of the molecule is O=C1OCC=C[C@H]2O[C@]34C=CCN(c5ccc(Cl)cc5)C(=O)C3N(CCO)C(=O)[C@@H]4[C@@H]12. The van der Waals surface area contributed by atoms with Crippen molar-refractivity contribution in [1.82, 2.24) is 4.90 Å². The van der Waals surface area contributed by atoms with Crippen LogP contribution in [0.4, 0.5) is 5.69 Å². The second kappa shape index (κ2) is 7.47. The van der Waals surface area contributed by atoms with E-state index in [0.717, 1.165) is 0 Å². The molecule has 4 heterocycles. The van der Waals surface area contributed by atoms with Crippen LogP contribution in [0.2, 0.25) is 5.02 Å². The van der Waals surface area contributed by atoms with E-state index in [1.807, 2.05) is 0 Å². The molecule has 4 aliphatic rings. The molecular formula is C22H21ClN2O6. The second-order valence-electron chi connectivity index (χ2n) is 7.98. The Morgan fingerprint density at radius 3 is 2.65 bits per heavy atom. The van der Waals surface area contributed by atoms with Crippen LogP contribution >= 0.6 is 11.6 Å². The Bertz CT molecular complexity index is 992. The number of amides is 2. The molecule has 0 aliphatic carbocycles. The van der Waals surface area contributed by atoms with E-state index in [1.54, 1.807) is 53.5 Å². The predicted molar refractivity (Wildman–Crippen MR) is 110 cm³/mol. The third-order valence-electron chi connectivity index (χ3n) is 6.39. The van der Waals surface area contributed by atoms with Crippen LogP contribution in [0.25, 0.3) is 0 Å². The third-order valence-corrected chi connectivity index (χ3v) is 6.64. The molecule has 1 unspecified atom stereocenters. The van der Waals surface area contributed by atoms with Crippen molar-refractivity contribution in [3.63, 3.8) is 0 Å². The standard InChI is InChI=1S/C22H21ClN2O6/c23-13-4-6-14(7-5-13)24-9-2-8-22-17(16-15(31-22)3-1-12-30-21(16)29)19(27)25(10-11-26)18(22)20(24)28/h1-8,15-18,26H,9-12H2/t15-,16+,17+,18?,22+/m1/s1. The maximum Gasteiger partial charge on any atom is 0.313 e. The fourth-order valence-electron chi connectivity index (χ4n) is 5.17. The van der Waals surface area contributed by atoms with E-state index in [2.05, 4.69) is 0 Å². The first-order valence-corrected chi connectivity index (χ1v) is 10.5. The number of ether oxygens (including phenoxy) is 2. The lowest BCUT2D eigenvalue weighted by molar-refractivity contribution is -0.152. The van der Waals surface area contributed by atoms with Gasteiger partial charge in [0.2, 0.25) is 5.91 Å². The van der Waals surface area contributed by atoms with Gasteiger partial charge in [-0.05, 0) is 30.3 Å². The van der Waals surface area contributed by atoms with Crippen molar-refractivity contribution >= 4 is 35.1 Å². The molecule has 5 atom stereocenters. The van der Waals surface area contributed by atoms with E-state index >= 15 is 0 Å². The topological polar surface area (TPSA) is 96.4 Å². The van der Waals surface area contributed by atoms with E-state index in [4.69, 9.17) is 21.1 Å². The van der Waals surface area contributed by atoms with Crippen LogP contribution in [0.5, 0.6) is 0 Å². The van der Waals surface area contributed by atoms with Crippen molar-refractivity contribution in [1.29, 1.82) is 0 Å². The van der Waals surface area contributed by atoms with Crippen LogP contribution in [-0.2, 0) is 23.9 Å². The van der Waals surface area contributed by atoms with E-state index < -0.39 is 41.5 Å². The molecule has 1 N–H and O–H groups in total. The molecule has 162 valence electrons. The summed E-state index contributed by atoms with van der Waals surface area (Å²) in [6, 6.07) is 5.83. The number of fused-ring (bicyclic) bond motifs is 2. The van der Waals surface area contributed by atoms with Gasteiger partial charge in [0.15, 0.2) is 0 Å². The highest BCUT2D eigenvalue weighted by atomic mass is 35.5. The number of esters is 1. The number of benzene rings is 1. The quantitative estimate of drug-likeness (QED) is 0.550. The number of β-amino-alcohol motifs (C(OH)–C–C–N with tert-alkyl or cyclic N) is 1. The molecule has 9 heteroatoms. The Balaban J connectivity index is 1.61. The summed E-state index contributed by atoms with van der Waals surface area (Å²) in [5.41, 5.74) is -0.692. The van der Waals surface area contributed by atoms with Crippen molar-refractivity contribution < 1.29 is 29.0 Å². The number of halogens is 1. The lowest BCUT2D eigenvalue weighted by atomic mass is 9.78. The first kappa shape index (κ1) is 20.2. The molecule has 0 radical (unpaired) electrons. The molecule has 1 aromatic carbocycles. The van der Waals surface area contributed by atoms with Crippen molar-refractivity contribution in [3.05, 3.63) is 53.6 Å². The zero-order valence-corrected chi connectivity index (χ0v) is 17.3. The minimum atomic E-state index is -1.32. The summed E-state index contributed by atoms with van der Waals surface area (Å²) in [6.07, 6.45) is 6.27. The summed E-state index contributed by atoms with van der Waals surface area (Å²) in [6.45, 7) is 0.0282. The summed E-state index contributed by atoms with van der Waals surface area (Å²) in [7, 11) is 0. The van der Waals surface area contributed by atoms with Gasteiger partial charge in [-0.2, -0.15) is 0 Å². The Labute approximate surface area is 183 Å². The number of aliphatic hydroxyl groups excluding tert-OH is 1. The molecule has 1 aromatic rings. The number of anilines is 1. The Kier molecular flexibility index (Phi) is 4.88. The lowest BCUT2D eigenvalue weighted by Gasteiger charge is -2.35. The number of rotatable bonds is 3. The van der Waals surface area contributed by atoms with Crippen molar-refractivity contribution in [2.45, 2.75) is 17.7 Å². The molecule has 0 aromatic heterocycles. The normalized spacial score (nSPS) is 34.2. The minimum Gasteiger partial charge on any atom is -0.461 e. The van der Waals surface area contributed by atoms with Gasteiger partial charge < -0.3 is 24.4 Å². The van der Waals surface area contributed by atoms with E-state index in [0.29, 0.717) is 10.7 Å². The predicted octanol–water partition coefficient (Wildman–Crippen LogP) is 0.929. The molecule has 2 fully saturated rings. The molecule has 8 nitrogen and oxygen atoms in total. The largest absolute Gasteiger partial charge is 0.461 e. The van der Waals surface area contributed by atoms with Crippen molar-refractivity contribution in [2.75, 3.05) is 31.2 Å². The van der Waals surface area contributed by atoms with Crippen LogP contribution in [0.1, 0.15) is 0 Å². The Hall–Kier alpha value is -2.68. The number of hydrogen-bond donors (Lipinski definition) is 1. The van der Waals surface area contributed by atoms with Gasteiger partial charge in [0.25, 0.3) is 5.91 Å². The smallest absolute Gasteiger partial charge is 0.313 e. The summed E-state index contributed by atoms with van der Waals surface area (Å²) in [5.74, 6) is -3.01. The maximum atomic E-state index is 13.8. The van der Waals surface area contributed by atoms with E-state index in [1.165, 1.54) is 4.90 Å². The fourth-order valence-corrected chi connectivity index (χ4v) is 5.30. The van der Waals surface area contributed by atoms with Gasteiger partial charge in [0, 0.05) is 23.8 Å². The van der Waals surface area contributed by atoms with Gasteiger partial charge in [-0.15, -0.1) is 0 Å². The average molecular weight is 445 g/mol. The second-order valence-corrected chi connectivity index (χ2v) is 8.42. The minimum absolute atomic E-state index is 0.0403. The number of cyclic esters (lactones) is 1. The Morgan fingerprint density at radius 2 is 1.90 bits per heavy atom. The molecule has 0 saturated carbocycles. The van der Waals surface area contributed by atoms with Gasteiger partial charge in [0.05, 0.1) is 18.6 Å². The number of carbonyl (C=O) groups is 3. The van der Waals surface area contributed by atoms with Gasteiger partial charge >= 0.3 is 5.97 Å². The van der Waals surface area contributed by atoms with Crippen LogP contribution in [0, 0.1) is 11.8 Å². The number of aliphatic hydroxyl groups is 1. The highest BCUT2D eigenvalue weighted by Gasteiger charge is 2.71. The number of nitrogens with zero attached hydrogens (tertiary/aromatic N) is 2. The molecular weight excluding hydrogens is 424 g/mol. The summed E-state index contributed by atoms with van der Waals surface area (Å²) < 4.78 is 11.6. The number of likely N-dealkylation sites (tertiary alicyclic amines) is 1. The fraction of sp³-hybridized carbons (Fsp3) is 0.409.